The fraction of sp³-hybridized carbons (Fsp3) is 0.100. The molecule has 0 aliphatic carbocycles. The molecule has 1 aromatic heterocycles. The number of ether oxygens (including phenoxy) is 2. The number of carbonyl (C=O) groups is 1. The number of methoxy groups -OCH3 is 1. The molecule has 1 N–H and O–H groups in total. The van der Waals surface area contributed by atoms with Gasteiger partial charge in [-0.05, 0) is 58.4 Å². The second-order valence-electron chi connectivity index (χ2n) is 5.83. The summed E-state index contributed by atoms with van der Waals surface area (Å²) >= 11 is 18.7. The van der Waals surface area contributed by atoms with Crippen molar-refractivity contribution < 1.29 is 18.7 Å². The minimum Gasteiger partial charge on any atom is -0.493 e. The summed E-state index contributed by atoms with van der Waals surface area (Å²) in [5.74, 6) is 1.50. The van der Waals surface area contributed by atoms with E-state index in [9.17, 15) is 4.79 Å². The summed E-state index contributed by atoms with van der Waals surface area (Å²) in [5, 5.41) is 4.77. The van der Waals surface area contributed by atoms with Crippen LogP contribution in [0.2, 0.25) is 10.0 Å². The van der Waals surface area contributed by atoms with E-state index in [0.717, 1.165) is 10.0 Å². The quantitative estimate of drug-likeness (QED) is 0.264. The first-order valence-electron chi connectivity index (χ1n) is 8.40. The Kier molecular flexibility index (Phi) is 7.82. The number of nitrogens with one attached hydrogen (secondary N) is 1. The lowest BCUT2D eigenvalue weighted by atomic mass is 10.2. The number of amides is 1. The fourth-order valence-electron chi connectivity index (χ4n) is 2.39. The number of benzene rings is 2. The van der Waals surface area contributed by atoms with Gasteiger partial charge in [-0.2, -0.15) is 5.10 Å². The van der Waals surface area contributed by atoms with E-state index in [0.29, 0.717) is 37.5 Å². The number of hydrogen-bond acceptors (Lipinski definition) is 5. The van der Waals surface area contributed by atoms with Gasteiger partial charge in [0.1, 0.15) is 11.5 Å². The molecule has 0 saturated carbocycles. The zero-order valence-electron chi connectivity index (χ0n) is 15.4. The van der Waals surface area contributed by atoms with Gasteiger partial charge in [-0.3, -0.25) is 4.79 Å². The number of carbonyl (C=O) groups excluding carboxylic acids is 1. The highest BCUT2D eigenvalue weighted by Crippen LogP contribution is 2.38. The number of furan rings is 1. The van der Waals surface area contributed by atoms with Gasteiger partial charge in [-0.25, -0.2) is 5.43 Å². The van der Waals surface area contributed by atoms with Crippen LogP contribution in [-0.4, -0.2) is 25.8 Å². The molecule has 1 heterocycles. The van der Waals surface area contributed by atoms with E-state index in [1.54, 1.807) is 42.5 Å². The minimum absolute atomic E-state index is 0.249. The lowest BCUT2D eigenvalue weighted by Crippen LogP contribution is -2.24. The maximum atomic E-state index is 12.0. The summed E-state index contributed by atoms with van der Waals surface area (Å²) in [6, 6.07) is 12.2. The van der Waals surface area contributed by atoms with Crippen molar-refractivity contribution in [3.63, 3.8) is 0 Å². The first kappa shape index (κ1) is 22.7. The van der Waals surface area contributed by atoms with E-state index in [1.807, 2.05) is 0 Å². The molecule has 10 heteroatoms. The molecule has 0 fully saturated rings. The molecule has 0 aliphatic heterocycles. The number of hydrazone groups is 1. The van der Waals surface area contributed by atoms with Crippen LogP contribution in [0.5, 0.6) is 11.5 Å². The molecule has 0 radical (unpaired) electrons. The number of halogens is 4. The van der Waals surface area contributed by atoms with E-state index in [1.165, 1.54) is 13.3 Å². The van der Waals surface area contributed by atoms with Crippen LogP contribution >= 0.6 is 55.1 Å². The van der Waals surface area contributed by atoms with Gasteiger partial charge in [0.2, 0.25) is 0 Å². The van der Waals surface area contributed by atoms with Gasteiger partial charge < -0.3 is 13.9 Å². The van der Waals surface area contributed by atoms with E-state index in [-0.39, 0.29) is 6.61 Å². The minimum atomic E-state index is -0.445. The molecule has 0 saturated heterocycles. The Hall–Kier alpha value is -2.00. The molecule has 0 atom stereocenters. The van der Waals surface area contributed by atoms with Gasteiger partial charge in [0, 0.05) is 10.0 Å². The van der Waals surface area contributed by atoms with Gasteiger partial charge in [0.25, 0.3) is 5.91 Å². The monoisotopic (exact) mass is 574 g/mol. The highest BCUT2D eigenvalue weighted by molar-refractivity contribution is 9.11. The first-order valence-corrected chi connectivity index (χ1v) is 10.7. The van der Waals surface area contributed by atoms with Gasteiger partial charge in [0.15, 0.2) is 18.1 Å². The largest absolute Gasteiger partial charge is 0.493 e. The third kappa shape index (κ3) is 5.78. The van der Waals surface area contributed by atoms with Gasteiger partial charge in [0.05, 0.1) is 27.8 Å². The van der Waals surface area contributed by atoms with E-state index < -0.39 is 5.91 Å². The average Bonchev–Trinajstić information content (AvgIpc) is 3.17. The molecule has 30 heavy (non-hydrogen) atoms. The predicted molar refractivity (Wildman–Crippen MR) is 124 cm³/mol. The third-order valence-electron chi connectivity index (χ3n) is 3.75. The van der Waals surface area contributed by atoms with Crippen molar-refractivity contribution in [3.05, 3.63) is 67.2 Å². The lowest BCUT2D eigenvalue weighted by molar-refractivity contribution is -0.123. The first-order chi connectivity index (χ1) is 14.4. The summed E-state index contributed by atoms with van der Waals surface area (Å²) in [6.07, 6.45) is 1.38. The predicted octanol–water partition coefficient (Wildman–Crippen LogP) is 6.32. The van der Waals surface area contributed by atoms with Crippen LogP contribution in [-0.2, 0) is 4.79 Å². The molecule has 2 aromatic carbocycles. The molecule has 156 valence electrons. The van der Waals surface area contributed by atoms with Crippen molar-refractivity contribution in [3.8, 4) is 22.8 Å². The van der Waals surface area contributed by atoms with Gasteiger partial charge in [-0.1, -0.05) is 39.1 Å². The van der Waals surface area contributed by atoms with Crippen LogP contribution in [0.3, 0.4) is 0 Å². The molecular formula is C20H14Br2Cl2N2O4. The number of hydrogen-bond donors (Lipinski definition) is 1. The smallest absolute Gasteiger partial charge is 0.277 e. The SMILES string of the molecule is COc1cc(Br)cc(Br)c1OCC(=O)N/N=C\c1ccc(-c2ccc(Cl)c(Cl)c2)o1. The highest BCUT2D eigenvalue weighted by atomic mass is 79.9. The zero-order chi connectivity index (χ0) is 21.7. The molecule has 3 aromatic rings. The van der Waals surface area contributed by atoms with Crippen molar-refractivity contribution >= 4 is 67.2 Å². The summed E-state index contributed by atoms with van der Waals surface area (Å²) < 4.78 is 17.9. The molecule has 1 amide bonds. The van der Waals surface area contributed by atoms with E-state index in [2.05, 4.69) is 42.4 Å². The van der Waals surface area contributed by atoms with E-state index in [4.69, 9.17) is 37.1 Å². The Labute approximate surface area is 199 Å². The lowest BCUT2D eigenvalue weighted by Gasteiger charge is -2.12. The molecular weight excluding hydrogens is 563 g/mol. The summed E-state index contributed by atoms with van der Waals surface area (Å²) in [6.45, 7) is -0.249. The second-order valence-corrected chi connectivity index (χ2v) is 8.42. The molecule has 6 nitrogen and oxygen atoms in total. The summed E-state index contributed by atoms with van der Waals surface area (Å²) in [5.41, 5.74) is 3.15. The Balaban J connectivity index is 1.57. The van der Waals surface area contributed by atoms with E-state index >= 15 is 0 Å². The average molecular weight is 577 g/mol. The number of rotatable bonds is 7. The van der Waals surface area contributed by atoms with Crippen molar-refractivity contribution in [2.75, 3.05) is 13.7 Å². The van der Waals surface area contributed by atoms with Crippen molar-refractivity contribution in [1.82, 2.24) is 5.43 Å². The molecule has 0 aliphatic rings. The Morgan fingerprint density at radius 2 is 1.97 bits per heavy atom. The zero-order valence-corrected chi connectivity index (χ0v) is 20.1. The maximum Gasteiger partial charge on any atom is 0.277 e. The molecule has 0 spiro atoms. The Morgan fingerprint density at radius 1 is 1.17 bits per heavy atom. The van der Waals surface area contributed by atoms with Crippen LogP contribution in [0.4, 0.5) is 0 Å². The second kappa shape index (κ2) is 10.3. The van der Waals surface area contributed by atoms with Crippen LogP contribution in [0.15, 0.2) is 60.9 Å². The van der Waals surface area contributed by atoms with Crippen LogP contribution in [0.1, 0.15) is 5.76 Å². The summed E-state index contributed by atoms with van der Waals surface area (Å²) in [7, 11) is 1.51. The summed E-state index contributed by atoms with van der Waals surface area (Å²) in [4.78, 5) is 12.0. The number of nitrogens with zero attached hydrogens (tertiary/aromatic N) is 1. The third-order valence-corrected chi connectivity index (χ3v) is 5.54. The van der Waals surface area contributed by atoms with Crippen molar-refractivity contribution in [2.24, 2.45) is 5.10 Å². The Morgan fingerprint density at radius 3 is 2.70 bits per heavy atom. The maximum absolute atomic E-state index is 12.0. The van der Waals surface area contributed by atoms with Crippen LogP contribution in [0.25, 0.3) is 11.3 Å². The van der Waals surface area contributed by atoms with Gasteiger partial charge in [-0.15, -0.1) is 0 Å². The van der Waals surface area contributed by atoms with Crippen LogP contribution < -0.4 is 14.9 Å². The molecule has 0 unspecified atom stereocenters. The van der Waals surface area contributed by atoms with Crippen molar-refractivity contribution in [1.29, 1.82) is 0 Å². The van der Waals surface area contributed by atoms with Crippen molar-refractivity contribution in [2.45, 2.75) is 0 Å². The van der Waals surface area contributed by atoms with Gasteiger partial charge >= 0.3 is 0 Å². The standard InChI is InChI=1S/C20H14Br2Cl2N2O4/c1-28-18-8-12(21)7-14(22)20(18)29-10-19(27)26-25-9-13-3-5-17(30-13)11-2-4-15(23)16(24)6-11/h2-9H,10H2,1H3,(H,26,27)/b25-9-. The van der Waals surface area contributed by atoms with Crippen LogP contribution in [0, 0.1) is 0 Å². The topological polar surface area (TPSA) is 73.1 Å². The Bertz CT molecular complexity index is 1100. The molecule has 0 bridgehead atoms. The normalized spacial score (nSPS) is 11.0. The molecule has 3 rings (SSSR count). The fourth-order valence-corrected chi connectivity index (χ4v) is 3.99. The highest BCUT2D eigenvalue weighted by Gasteiger charge is 2.13.